The molecule has 0 aromatic heterocycles. The van der Waals surface area contributed by atoms with E-state index in [1.54, 1.807) is 17.0 Å². The third kappa shape index (κ3) is 3.12. The predicted octanol–water partition coefficient (Wildman–Crippen LogP) is 0.734. The van der Waals surface area contributed by atoms with E-state index < -0.39 is 11.9 Å². The molecule has 0 saturated carbocycles. The van der Waals surface area contributed by atoms with Gasteiger partial charge in [-0.15, -0.1) is 0 Å². The average Bonchev–Trinajstić information content (AvgIpc) is 2.89. The van der Waals surface area contributed by atoms with Crippen LogP contribution in [0.1, 0.15) is 22.3 Å². The van der Waals surface area contributed by atoms with E-state index in [0.717, 1.165) is 12.0 Å². The van der Waals surface area contributed by atoms with Crippen molar-refractivity contribution in [2.24, 2.45) is 11.7 Å². The van der Waals surface area contributed by atoms with Gasteiger partial charge in [-0.05, 0) is 37.1 Å². The SMILES string of the molecule is NCCc1ccc(C(=O)N2CCC(C(=O)O)C2)cc1. The second-order valence-corrected chi connectivity index (χ2v) is 4.81. The van der Waals surface area contributed by atoms with Crippen molar-refractivity contribution in [1.82, 2.24) is 4.90 Å². The molecule has 5 heteroatoms. The van der Waals surface area contributed by atoms with Crippen LogP contribution in [0.3, 0.4) is 0 Å². The molecule has 1 aromatic carbocycles. The summed E-state index contributed by atoms with van der Waals surface area (Å²) in [5.41, 5.74) is 7.18. The maximum absolute atomic E-state index is 12.2. The number of carbonyl (C=O) groups is 2. The Hall–Kier alpha value is -1.88. The zero-order valence-corrected chi connectivity index (χ0v) is 10.7. The first-order chi connectivity index (χ1) is 9.11. The van der Waals surface area contributed by atoms with Crippen molar-refractivity contribution in [2.45, 2.75) is 12.8 Å². The Balaban J connectivity index is 2.02. The van der Waals surface area contributed by atoms with E-state index in [1.165, 1.54) is 0 Å². The highest BCUT2D eigenvalue weighted by Crippen LogP contribution is 2.19. The van der Waals surface area contributed by atoms with Gasteiger partial charge in [0.1, 0.15) is 0 Å². The highest BCUT2D eigenvalue weighted by molar-refractivity contribution is 5.94. The van der Waals surface area contributed by atoms with Crippen molar-refractivity contribution in [2.75, 3.05) is 19.6 Å². The summed E-state index contributed by atoms with van der Waals surface area (Å²) in [4.78, 5) is 24.7. The van der Waals surface area contributed by atoms with Gasteiger partial charge in [0, 0.05) is 18.7 Å². The predicted molar refractivity (Wildman–Crippen MR) is 70.8 cm³/mol. The molecule has 0 spiro atoms. The average molecular weight is 262 g/mol. The number of hydrogen-bond acceptors (Lipinski definition) is 3. The van der Waals surface area contributed by atoms with E-state index in [4.69, 9.17) is 10.8 Å². The molecular weight excluding hydrogens is 244 g/mol. The lowest BCUT2D eigenvalue weighted by atomic mass is 10.1. The third-order valence-electron chi connectivity index (χ3n) is 3.46. The fourth-order valence-electron chi connectivity index (χ4n) is 2.31. The number of nitrogens with two attached hydrogens (primary N) is 1. The van der Waals surface area contributed by atoms with E-state index in [1.807, 2.05) is 12.1 Å². The van der Waals surface area contributed by atoms with E-state index in [2.05, 4.69) is 0 Å². The first kappa shape index (κ1) is 13.5. The maximum atomic E-state index is 12.2. The van der Waals surface area contributed by atoms with Crippen LogP contribution in [0.5, 0.6) is 0 Å². The molecule has 1 aliphatic rings. The molecule has 1 atom stereocenters. The lowest BCUT2D eigenvalue weighted by molar-refractivity contribution is -0.141. The molecule has 0 aliphatic carbocycles. The molecular formula is C14H18N2O3. The second kappa shape index (κ2) is 5.84. The van der Waals surface area contributed by atoms with Crippen molar-refractivity contribution in [3.63, 3.8) is 0 Å². The Bertz CT molecular complexity index is 470. The van der Waals surface area contributed by atoms with Gasteiger partial charge in [-0.1, -0.05) is 12.1 Å². The fraction of sp³-hybridized carbons (Fsp3) is 0.429. The van der Waals surface area contributed by atoms with Gasteiger partial charge in [-0.2, -0.15) is 0 Å². The number of aliphatic carboxylic acids is 1. The topological polar surface area (TPSA) is 83.6 Å². The minimum atomic E-state index is -0.825. The van der Waals surface area contributed by atoms with Crippen molar-refractivity contribution in [1.29, 1.82) is 0 Å². The van der Waals surface area contributed by atoms with Gasteiger partial charge in [0.15, 0.2) is 0 Å². The Kier molecular flexibility index (Phi) is 4.16. The van der Waals surface area contributed by atoms with Gasteiger partial charge in [0.05, 0.1) is 5.92 Å². The van der Waals surface area contributed by atoms with Gasteiger partial charge < -0.3 is 15.7 Å². The summed E-state index contributed by atoms with van der Waals surface area (Å²) in [6.07, 6.45) is 1.33. The van der Waals surface area contributed by atoms with Crippen molar-refractivity contribution in [3.05, 3.63) is 35.4 Å². The Morgan fingerprint density at radius 1 is 1.32 bits per heavy atom. The summed E-state index contributed by atoms with van der Waals surface area (Å²) in [5, 5.41) is 8.93. The zero-order chi connectivity index (χ0) is 13.8. The van der Waals surface area contributed by atoms with Crippen LogP contribution < -0.4 is 5.73 Å². The van der Waals surface area contributed by atoms with Crippen LogP contribution in [-0.2, 0) is 11.2 Å². The molecule has 1 aliphatic heterocycles. The number of rotatable bonds is 4. The maximum Gasteiger partial charge on any atom is 0.308 e. The Morgan fingerprint density at radius 3 is 2.53 bits per heavy atom. The van der Waals surface area contributed by atoms with Gasteiger partial charge in [-0.3, -0.25) is 9.59 Å². The summed E-state index contributed by atoms with van der Waals surface area (Å²) in [6.45, 7) is 1.40. The molecule has 1 saturated heterocycles. The molecule has 0 bridgehead atoms. The Labute approximate surface area is 112 Å². The molecule has 19 heavy (non-hydrogen) atoms. The number of likely N-dealkylation sites (tertiary alicyclic amines) is 1. The molecule has 1 amide bonds. The van der Waals surface area contributed by atoms with Crippen molar-refractivity contribution < 1.29 is 14.7 Å². The molecule has 1 unspecified atom stereocenters. The summed E-state index contributed by atoms with van der Waals surface area (Å²) >= 11 is 0. The van der Waals surface area contributed by atoms with E-state index >= 15 is 0 Å². The lowest BCUT2D eigenvalue weighted by Crippen LogP contribution is -2.29. The first-order valence-electron chi connectivity index (χ1n) is 6.43. The summed E-state index contributed by atoms with van der Waals surface area (Å²) < 4.78 is 0. The van der Waals surface area contributed by atoms with Crippen LogP contribution in [0.25, 0.3) is 0 Å². The van der Waals surface area contributed by atoms with Crippen LogP contribution >= 0.6 is 0 Å². The standard InChI is InChI=1S/C14H18N2O3/c15-7-5-10-1-3-11(4-2-10)13(17)16-8-6-12(9-16)14(18)19/h1-4,12H,5-9,15H2,(H,18,19). The van der Waals surface area contributed by atoms with Crippen molar-refractivity contribution >= 4 is 11.9 Å². The number of carboxylic acid groups (broad SMARTS) is 1. The molecule has 102 valence electrons. The van der Waals surface area contributed by atoms with E-state index in [-0.39, 0.29) is 5.91 Å². The van der Waals surface area contributed by atoms with Crippen molar-refractivity contribution in [3.8, 4) is 0 Å². The summed E-state index contributed by atoms with van der Waals surface area (Å²) in [7, 11) is 0. The zero-order valence-electron chi connectivity index (χ0n) is 10.7. The number of carboxylic acids is 1. The number of nitrogens with zero attached hydrogens (tertiary/aromatic N) is 1. The van der Waals surface area contributed by atoms with E-state index in [0.29, 0.717) is 31.6 Å². The molecule has 1 fully saturated rings. The van der Waals surface area contributed by atoms with Crippen LogP contribution in [0, 0.1) is 5.92 Å². The summed E-state index contributed by atoms with van der Waals surface area (Å²) in [5.74, 6) is -1.35. The number of benzene rings is 1. The first-order valence-corrected chi connectivity index (χ1v) is 6.43. The van der Waals surface area contributed by atoms with Crippen LogP contribution in [-0.4, -0.2) is 41.5 Å². The second-order valence-electron chi connectivity index (χ2n) is 4.81. The monoisotopic (exact) mass is 262 g/mol. The van der Waals surface area contributed by atoms with Crippen LogP contribution in [0.4, 0.5) is 0 Å². The highest BCUT2D eigenvalue weighted by Gasteiger charge is 2.31. The van der Waals surface area contributed by atoms with E-state index in [9.17, 15) is 9.59 Å². The molecule has 1 aromatic rings. The Morgan fingerprint density at radius 2 is 2.00 bits per heavy atom. The molecule has 3 N–H and O–H groups in total. The van der Waals surface area contributed by atoms with Crippen LogP contribution in [0.2, 0.25) is 0 Å². The van der Waals surface area contributed by atoms with Gasteiger partial charge in [-0.25, -0.2) is 0 Å². The van der Waals surface area contributed by atoms with Gasteiger partial charge in [0.25, 0.3) is 5.91 Å². The largest absolute Gasteiger partial charge is 0.481 e. The molecule has 1 heterocycles. The minimum absolute atomic E-state index is 0.0944. The fourth-order valence-corrected chi connectivity index (χ4v) is 2.31. The summed E-state index contributed by atoms with van der Waals surface area (Å²) in [6, 6.07) is 7.35. The van der Waals surface area contributed by atoms with Crippen LogP contribution in [0.15, 0.2) is 24.3 Å². The number of amides is 1. The lowest BCUT2D eigenvalue weighted by Gasteiger charge is -2.16. The third-order valence-corrected chi connectivity index (χ3v) is 3.46. The number of hydrogen-bond donors (Lipinski definition) is 2. The number of carbonyl (C=O) groups excluding carboxylic acids is 1. The minimum Gasteiger partial charge on any atom is -0.481 e. The molecule has 0 radical (unpaired) electrons. The normalized spacial score (nSPS) is 18.6. The van der Waals surface area contributed by atoms with Gasteiger partial charge in [0.2, 0.25) is 0 Å². The van der Waals surface area contributed by atoms with Gasteiger partial charge >= 0.3 is 5.97 Å². The molecule has 2 rings (SSSR count). The molecule has 5 nitrogen and oxygen atoms in total. The quantitative estimate of drug-likeness (QED) is 0.838. The highest BCUT2D eigenvalue weighted by atomic mass is 16.4. The smallest absolute Gasteiger partial charge is 0.308 e.